The number of aromatic nitrogens is 4. The van der Waals surface area contributed by atoms with Gasteiger partial charge in [0.05, 0.1) is 11.0 Å². The van der Waals surface area contributed by atoms with E-state index in [0.717, 1.165) is 28.6 Å². The van der Waals surface area contributed by atoms with Crippen LogP contribution in [0.2, 0.25) is 0 Å². The van der Waals surface area contributed by atoms with Gasteiger partial charge in [0.25, 0.3) is 0 Å². The highest BCUT2D eigenvalue weighted by molar-refractivity contribution is 9.10. The van der Waals surface area contributed by atoms with E-state index >= 15 is 0 Å². The summed E-state index contributed by atoms with van der Waals surface area (Å²) in [6, 6.07) is 8.16. The summed E-state index contributed by atoms with van der Waals surface area (Å²) in [5, 5.41) is 3.18. The fraction of sp³-hybridized carbons (Fsp3) is 0.214. The maximum absolute atomic E-state index is 5.97. The molecule has 0 unspecified atom stereocenters. The molecular formula is C14H13BrN6O. The first-order chi connectivity index (χ1) is 10.7. The third-order valence-corrected chi connectivity index (χ3v) is 3.98. The molecule has 1 aliphatic rings. The molecule has 0 bridgehead atoms. The second-order valence-electron chi connectivity index (χ2n) is 5.03. The molecule has 2 aromatic heterocycles. The Bertz CT molecular complexity index is 844. The maximum atomic E-state index is 5.97. The van der Waals surface area contributed by atoms with Crippen LogP contribution in [0.25, 0.3) is 16.9 Å². The van der Waals surface area contributed by atoms with Crippen LogP contribution in [0.5, 0.6) is 6.01 Å². The van der Waals surface area contributed by atoms with Gasteiger partial charge in [0.1, 0.15) is 11.9 Å². The molecule has 7 nitrogen and oxygen atoms in total. The van der Waals surface area contributed by atoms with E-state index in [1.165, 1.54) is 0 Å². The van der Waals surface area contributed by atoms with Gasteiger partial charge >= 0.3 is 6.01 Å². The zero-order valence-corrected chi connectivity index (χ0v) is 13.1. The van der Waals surface area contributed by atoms with Gasteiger partial charge in [0.2, 0.25) is 5.95 Å². The van der Waals surface area contributed by atoms with Gasteiger partial charge in [0, 0.05) is 29.8 Å². The molecule has 1 fully saturated rings. The number of nitrogens with two attached hydrogens (primary N) is 1. The predicted molar refractivity (Wildman–Crippen MR) is 86.1 cm³/mol. The average molecular weight is 361 g/mol. The van der Waals surface area contributed by atoms with E-state index in [4.69, 9.17) is 10.5 Å². The largest absolute Gasteiger partial charge is 0.458 e. The molecule has 3 N–H and O–H groups in total. The van der Waals surface area contributed by atoms with Crippen LogP contribution in [0.4, 0.5) is 5.95 Å². The summed E-state index contributed by atoms with van der Waals surface area (Å²) < 4.78 is 8.79. The van der Waals surface area contributed by atoms with Crippen LogP contribution >= 0.6 is 15.9 Å². The van der Waals surface area contributed by atoms with Crippen molar-refractivity contribution < 1.29 is 4.74 Å². The molecule has 3 aromatic rings. The highest BCUT2D eigenvalue weighted by atomic mass is 79.9. The molecule has 0 saturated carbocycles. The first-order valence-electron chi connectivity index (χ1n) is 6.85. The number of ether oxygens (including phenoxy) is 1. The normalized spacial score (nSPS) is 15.0. The molecule has 0 radical (unpaired) electrons. The fourth-order valence-electron chi connectivity index (χ4n) is 2.31. The lowest BCUT2D eigenvalue weighted by Crippen LogP contribution is -2.50. The summed E-state index contributed by atoms with van der Waals surface area (Å²) in [6.45, 7) is 1.64. The molecule has 0 amide bonds. The van der Waals surface area contributed by atoms with Crippen LogP contribution in [-0.4, -0.2) is 38.7 Å². The number of nitrogen functional groups attached to an aromatic ring is 1. The zero-order valence-electron chi connectivity index (χ0n) is 11.5. The Kier molecular flexibility index (Phi) is 3.20. The van der Waals surface area contributed by atoms with E-state index in [2.05, 4.69) is 36.2 Å². The van der Waals surface area contributed by atoms with E-state index in [0.29, 0.717) is 11.8 Å². The number of benzene rings is 1. The highest BCUT2D eigenvalue weighted by Gasteiger charge is 2.23. The van der Waals surface area contributed by atoms with Gasteiger partial charge in [-0.15, -0.1) is 0 Å². The molecule has 112 valence electrons. The van der Waals surface area contributed by atoms with Crippen molar-refractivity contribution in [2.75, 3.05) is 18.8 Å². The SMILES string of the molecule is Nc1nccc(-n2c(OC3CNC3)nc3ccc(Br)cc32)n1. The molecule has 3 heterocycles. The molecule has 4 rings (SSSR count). The second-order valence-corrected chi connectivity index (χ2v) is 5.95. The smallest absolute Gasteiger partial charge is 0.303 e. The van der Waals surface area contributed by atoms with Crippen molar-refractivity contribution in [3.05, 3.63) is 34.9 Å². The molecule has 1 aromatic carbocycles. The Morgan fingerprint density at radius 1 is 1.27 bits per heavy atom. The molecule has 0 spiro atoms. The van der Waals surface area contributed by atoms with E-state index < -0.39 is 0 Å². The number of hydrogen-bond donors (Lipinski definition) is 2. The van der Waals surface area contributed by atoms with Crippen LogP contribution in [0.1, 0.15) is 0 Å². The topological polar surface area (TPSA) is 90.9 Å². The minimum absolute atomic E-state index is 0.123. The van der Waals surface area contributed by atoms with Gasteiger partial charge in [-0.3, -0.25) is 0 Å². The van der Waals surface area contributed by atoms with Gasteiger partial charge in [-0.05, 0) is 18.2 Å². The summed E-state index contributed by atoms with van der Waals surface area (Å²) in [5.41, 5.74) is 7.45. The number of nitrogens with one attached hydrogen (secondary N) is 1. The third kappa shape index (κ3) is 2.30. The van der Waals surface area contributed by atoms with Crippen molar-refractivity contribution in [3.63, 3.8) is 0 Å². The minimum atomic E-state index is 0.123. The lowest BCUT2D eigenvalue weighted by Gasteiger charge is -2.27. The van der Waals surface area contributed by atoms with Crippen molar-refractivity contribution in [3.8, 4) is 11.8 Å². The van der Waals surface area contributed by atoms with Gasteiger partial charge in [-0.1, -0.05) is 15.9 Å². The van der Waals surface area contributed by atoms with Crippen LogP contribution in [-0.2, 0) is 0 Å². The maximum Gasteiger partial charge on any atom is 0.303 e. The Morgan fingerprint density at radius 2 is 2.14 bits per heavy atom. The summed E-state index contributed by atoms with van der Waals surface area (Å²) in [7, 11) is 0. The molecule has 0 atom stereocenters. The number of fused-ring (bicyclic) bond motifs is 1. The number of anilines is 1. The monoisotopic (exact) mass is 360 g/mol. The van der Waals surface area contributed by atoms with Crippen molar-refractivity contribution in [2.24, 2.45) is 0 Å². The molecule has 1 saturated heterocycles. The summed E-state index contributed by atoms with van der Waals surface area (Å²) in [4.78, 5) is 12.8. The van der Waals surface area contributed by atoms with E-state index in [1.807, 2.05) is 22.8 Å². The third-order valence-electron chi connectivity index (χ3n) is 3.49. The number of hydrogen-bond acceptors (Lipinski definition) is 6. The summed E-state index contributed by atoms with van der Waals surface area (Å²) in [6.07, 6.45) is 1.74. The van der Waals surface area contributed by atoms with Gasteiger partial charge in [-0.25, -0.2) is 9.55 Å². The molecular weight excluding hydrogens is 348 g/mol. The Morgan fingerprint density at radius 3 is 2.86 bits per heavy atom. The van der Waals surface area contributed by atoms with Gasteiger partial charge in [0.15, 0.2) is 0 Å². The van der Waals surface area contributed by atoms with Crippen molar-refractivity contribution >= 4 is 32.9 Å². The van der Waals surface area contributed by atoms with Crippen molar-refractivity contribution in [1.82, 2.24) is 24.8 Å². The molecule has 22 heavy (non-hydrogen) atoms. The van der Waals surface area contributed by atoms with Crippen molar-refractivity contribution in [2.45, 2.75) is 6.10 Å². The van der Waals surface area contributed by atoms with Crippen LogP contribution in [0, 0.1) is 0 Å². The Hall–Kier alpha value is -2.19. The number of rotatable bonds is 3. The van der Waals surface area contributed by atoms with Gasteiger partial charge in [-0.2, -0.15) is 9.97 Å². The first kappa shape index (κ1) is 13.5. The number of halogens is 1. The van der Waals surface area contributed by atoms with E-state index in [-0.39, 0.29) is 12.1 Å². The van der Waals surface area contributed by atoms with Crippen LogP contribution in [0.3, 0.4) is 0 Å². The standard InChI is InChI=1S/C14H13BrN6O/c15-8-1-2-10-11(5-8)21(12-3-4-18-13(16)20-12)14(19-10)22-9-6-17-7-9/h1-5,9,17H,6-7H2,(H2,16,18,20). The van der Waals surface area contributed by atoms with E-state index in [1.54, 1.807) is 12.3 Å². The lowest BCUT2D eigenvalue weighted by atomic mass is 10.2. The van der Waals surface area contributed by atoms with Gasteiger partial charge < -0.3 is 15.8 Å². The molecule has 1 aliphatic heterocycles. The highest BCUT2D eigenvalue weighted by Crippen LogP contribution is 2.28. The molecule has 0 aliphatic carbocycles. The average Bonchev–Trinajstić information content (AvgIpc) is 2.80. The summed E-state index contributed by atoms with van der Waals surface area (Å²) in [5.74, 6) is 0.848. The van der Waals surface area contributed by atoms with Crippen LogP contribution in [0.15, 0.2) is 34.9 Å². The second kappa shape index (κ2) is 5.22. The zero-order chi connectivity index (χ0) is 15.1. The molecule has 8 heteroatoms. The van der Waals surface area contributed by atoms with E-state index in [9.17, 15) is 0 Å². The number of nitrogens with zero attached hydrogens (tertiary/aromatic N) is 4. The Balaban J connectivity index is 1.91. The lowest BCUT2D eigenvalue weighted by molar-refractivity contribution is 0.128. The fourth-order valence-corrected chi connectivity index (χ4v) is 2.66. The quantitative estimate of drug-likeness (QED) is 0.735. The van der Waals surface area contributed by atoms with Crippen molar-refractivity contribution in [1.29, 1.82) is 0 Å². The number of imidazole rings is 1. The predicted octanol–water partition coefficient (Wildman–Crippen LogP) is 1.51. The minimum Gasteiger partial charge on any atom is -0.458 e. The van der Waals surface area contributed by atoms with Crippen LogP contribution < -0.4 is 15.8 Å². The summed E-state index contributed by atoms with van der Waals surface area (Å²) >= 11 is 3.49. The Labute approximate surface area is 134 Å². The first-order valence-corrected chi connectivity index (χ1v) is 7.64.